The zero-order valence-electron chi connectivity index (χ0n) is 10.4. The molecule has 102 valence electrons. The van der Waals surface area contributed by atoms with E-state index in [0.29, 0.717) is 11.8 Å². The summed E-state index contributed by atoms with van der Waals surface area (Å²) in [5, 5.41) is 9.11. The lowest BCUT2D eigenvalue weighted by Crippen LogP contribution is -2.11. The van der Waals surface area contributed by atoms with Gasteiger partial charge in [0.2, 0.25) is 0 Å². The van der Waals surface area contributed by atoms with Crippen LogP contribution in [0.4, 0.5) is 4.39 Å². The number of carbonyl (C=O) groups is 2. The van der Waals surface area contributed by atoms with Crippen molar-refractivity contribution >= 4 is 12.1 Å². The third kappa shape index (κ3) is 3.20. The maximum Gasteiger partial charge on any atom is 0.200 e. The largest absolute Gasteiger partial charge is 0.508 e. The number of hydrogen-bond acceptors (Lipinski definition) is 4. The summed E-state index contributed by atoms with van der Waals surface area (Å²) in [7, 11) is 0. The van der Waals surface area contributed by atoms with E-state index in [4.69, 9.17) is 9.84 Å². The summed E-state index contributed by atoms with van der Waals surface area (Å²) >= 11 is 0. The van der Waals surface area contributed by atoms with Gasteiger partial charge in [-0.1, -0.05) is 0 Å². The Kier molecular flexibility index (Phi) is 4.10. The van der Waals surface area contributed by atoms with Crippen LogP contribution in [0, 0.1) is 5.82 Å². The minimum Gasteiger partial charge on any atom is -0.508 e. The molecule has 2 aromatic carbocycles. The van der Waals surface area contributed by atoms with E-state index in [2.05, 4.69) is 0 Å². The minimum atomic E-state index is -0.699. The number of halogens is 1. The highest BCUT2D eigenvalue weighted by molar-refractivity contribution is 5.97. The Hall–Kier alpha value is -2.69. The van der Waals surface area contributed by atoms with Crippen LogP contribution in [0.15, 0.2) is 42.5 Å². The number of phenolic OH excluding ortho intramolecular Hbond substituents is 1. The predicted molar refractivity (Wildman–Crippen MR) is 69.7 cm³/mol. The lowest BCUT2D eigenvalue weighted by atomic mass is 10.1. The number of Topliss-reactive ketones (excluding diaryl/α,β-unsaturated/α-hetero) is 1. The molecule has 0 fully saturated rings. The van der Waals surface area contributed by atoms with Crippen LogP contribution in [0.2, 0.25) is 0 Å². The molecule has 0 radical (unpaired) electrons. The van der Waals surface area contributed by atoms with Crippen molar-refractivity contribution in [3.8, 4) is 11.5 Å². The van der Waals surface area contributed by atoms with Crippen LogP contribution >= 0.6 is 0 Å². The molecule has 0 aliphatic heterocycles. The van der Waals surface area contributed by atoms with Crippen molar-refractivity contribution in [2.24, 2.45) is 0 Å². The Labute approximate surface area is 114 Å². The topological polar surface area (TPSA) is 63.6 Å². The zero-order valence-corrected chi connectivity index (χ0v) is 10.4. The lowest BCUT2D eigenvalue weighted by Gasteiger charge is -2.06. The van der Waals surface area contributed by atoms with Crippen LogP contribution in [0.1, 0.15) is 20.7 Å². The van der Waals surface area contributed by atoms with E-state index >= 15 is 0 Å². The van der Waals surface area contributed by atoms with Crippen molar-refractivity contribution < 1.29 is 23.8 Å². The standard InChI is InChI=1S/C15H11FO4/c16-14-7-13(6-3-11(14)8-17)20-9-15(19)10-1-4-12(18)5-2-10/h1-8,18H,9H2. The highest BCUT2D eigenvalue weighted by atomic mass is 19.1. The Bertz CT molecular complexity index is 635. The van der Waals surface area contributed by atoms with Crippen molar-refractivity contribution in [3.63, 3.8) is 0 Å². The first-order valence-electron chi connectivity index (χ1n) is 5.80. The van der Waals surface area contributed by atoms with Gasteiger partial charge < -0.3 is 9.84 Å². The summed E-state index contributed by atoms with van der Waals surface area (Å²) in [5.41, 5.74) is 0.315. The molecule has 0 aliphatic carbocycles. The molecule has 4 nitrogen and oxygen atoms in total. The van der Waals surface area contributed by atoms with Gasteiger partial charge in [0.25, 0.3) is 0 Å². The van der Waals surface area contributed by atoms with Gasteiger partial charge in [0.1, 0.15) is 17.3 Å². The molecule has 0 heterocycles. The Morgan fingerprint density at radius 2 is 1.90 bits per heavy atom. The van der Waals surface area contributed by atoms with Crippen molar-refractivity contribution in [3.05, 3.63) is 59.4 Å². The van der Waals surface area contributed by atoms with Gasteiger partial charge in [0.05, 0.1) is 5.56 Å². The van der Waals surface area contributed by atoms with E-state index in [1.807, 2.05) is 0 Å². The average molecular weight is 274 g/mol. The zero-order chi connectivity index (χ0) is 14.5. The van der Waals surface area contributed by atoms with Crippen LogP contribution in [-0.4, -0.2) is 23.8 Å². The minimum absolute atomic E-state index is 0.0639. The summed E-state index contributed by atoms with van der Waals surface area (Å²) in [6, 6.07) is 9.47. The van der Waals surface area contributed by atoms with Crippen LogP contribution in [-0.2, 0) is 0 Å². The van der Waals surface area contributed by atoms with Crippen LogP contribution in [0.3, 0.4) is 0 Å². The van der Waals surface area contributed by atoms with Gasteiger partial charge in [-0.05, 0) is 36.4 Å². The number of benzene rings is 2. The lowest BCUT2D eigenvalue weighted by molar-refractivity contribution is 0.0920. The van der Waals surface area contributed by atoms with E-state index in [0.717, 1.165) is 6.07 Å². The maximum absolute atomic E-state index is 13.3. The molecule has 0 spiro atoms. The quantitative estimate of drug-likeness (QED) is 0.672. The third-order valence-electron chi connectivity index (χ3n) is 2.66. The SMILES string of the molecule is O=Cc1ccc(OCC(=O)c2ccc(O)cc2)cc1F. The van der Waals surface area contributed by atoms with Gasteiger partial charge >= 0.3 is 0 Å². The summed E-state index contributed by atoms with van der Waals surface area (Å²) in [5.74, 6) is -0.770. The first-order chi connectivity index (χ1) is 9.60. The average Bonchev–Trinajstić information content (AvgIpc) is 2.45. The van der Waals surface area contributed by atoms with Crippen LogP contribution in [0.5, 0.6) is 11.5 Å². The summed E-state index contributed by atoms with van der Waals surface area (Å²) in [6.07, 6.45) is 0.403. The maximum atomic E-state index is 13.3. The first-order valence-corrected chi connectivity index (χ1v) is 5.80. The molecular weight excluding hydrogens is 263 g/mol. The fraction of sp³-hybridized carbons (Fsp3) is 0.0667. The van der Waals surface area contributed by atoms with Gasteiger partial charge in [0, 0.05) is 11.6 Å². The van der Waals surface area contributed by atoms with Crippen LogP contribution < -0.4 is 4.74 Å². The van der Waals surface area contributed by atoms with Crippen LogP contribution in [0.25, 0.3) is 0 Å². The summed E-state index contributed by atoms with van der Waals surface area (Å²) in [6.45, 7) is -0.259. The molecule has 0 bridgehead atoms. The van der Waals surface area contributed by atoms with Crippen molar-refractivity contribution in [1.29, 1.82) is 0 Å². The van der Waals surface area contributed by atoms with Crippen molar-refractivity contribution in [2.75, 3.05) is 6.61 Å². The van der Waals surface area contributed by atoms with Gasteiger partial charge in [-0.3, -0.25) is 9.59 Å². The fourth-order valence-corrected chi connectivity index (χ4v) is 1.57. The molecule has 0 saturated carbocycles. The number of ether oxygens (including phenoxy) is 1. The molecule has 0 amide bonds. The smallest absolute Gasteiger partial charge is 0.200 e. The van der Waals surface area contributed by atoms with Gasteiger partial charge in [0.15, 0.2) is 18.7 Å². The van der Waals surface area contributed by atoms with Gasteiger partial charge in [-0.2, -0.15) is 0 Å². The molecule has 20 heavy (non-hydrogen) atoms. The Morgan fingerprint density at radius 3 is 2.50 bits per heavy atom. The van der Waals surface area contributed by atoms with E-state index < -0.39 is 5.82 Å². The van der Waals surface area contributed by atoms with Gasteiger partial charge in [-0.25, -0.2) is 4.39 Å². The van der Waals surface area contributed by atoms with E-state index in [-0.39, 0.29) is 29.5 Å². The van der Waals surface area contributed by atoms with E-state index in [1.54, 1.807) is 0 Å². The fourth-order valence-electron chi connectivity index (χ4n) is 1.57. The molecule has 0 saturated heterocycles. The number of aromatic hydroxyl groups is 1. The summed E-state index contributed by atoms with van der Waals surface area (Å²) < 4.78 is 18.5. The number of aldehydes is 1. The molecule has 2 rings (SSSR count). The first kappa shape index (κ1) is 13.7. The Balaban J connectivity index is 2.01. The molecule has 5 heteroatoms. The highest BCUT2D eigenvalue weighted by Crippen LogP contribution is 2.16. The van der Waals surface area contributed by atoms with E-state index in [1.165, 1.54) is 36.4 Å². The van der Waals surface area contributed by atoms with E-state index in [9.17, 15) is 14.0 Å². The van der Waals surface area contributed by atoms with Gasteiger partial charge in [-0.15, -0.1) is 0 Å². The second-order valence-electron chi connectivity index (χ2n) is 4.06. The molecule has 0 atom stereocenters. The number of carbonyl (C=O) groups excluding carboxylic acids is 2. The second kappa shape index (κ2) is 5.97. The number of ketones is 1. The third-order valence-corrected chi connectivity index (χ3v) is 2.66. The summed E-state index contributed by atoms with van der Waals surface area (Å²) in [4.78, 5) is 22.2. The van der Waals surface area contributed by atoms with Crippen molar-refractivity contribution in [2.45, 2.75) is 0 Å². The second-order valence-corrected chi connectivity index (χ2v) is 4.06. The monoisotopic (exact) mass is 274 g/mol. The molecule has 1 N–H and O–H groups in total. The number of hydrogen-bond donors (Lipinski definition) is 1. The Morgan fingerprint density at radius 1 is 1.20 bits per heavy atom. The number of rotatable bonds is 5. The molecule has 2 aromatic rings. The molecule has 0 aliphatic rings. The number of phenols is 1. The molecule has 0 unspecified atom stereocenters. The van der Waals surface area contributed by atoms with Crippen molar-refractivity contribution in [1.82, 2.24) is 0 Å². The molecule has 0 aromatic heterocycles. The predicted octanol–water partition coefficient (Wildman–Crippen LogP) is 2.61. The molecular formula is C15H11FO4. The highest BCUT2D eigenvalue weighted by Gasteiger charge is 2.08. The normalized spacial score (nSPS) is 10.1.